The lowest BCUT2D eigenvalue weighted by atomic mass is 10.00. The summed E-state index contributed by atoms with van der Waals surface area (Å²) in [6.07, 6.45) is 5.42. The van der Waals surface area contributed by atoms with Gasteiger partial charge in [0.05, 0.1) is 12.7 Å². The van der Waals surface area contributed by atoms with Gasteiger partial charge < -0.3 is 11.1 Å². The number of nitrogens with one attached hydrogen (secondary N) is 1. The first-order valence-electron chi connectivity index (χ1n) is 7.83. The molecule has 1 aliphatic carbocycles. The van der Waals surface area contributed by atoms with Crippen LogP contribution in [0.2, 0.25) is 0 Å². The maximum atomic E-state index is 12.2. The molecule has 0 radical (unpaired) electrons. The Morgan fingerprint density at radius 1 is 1.26 bits per heavy atom. The van der Waals surface area contributed by atoms with Gasteiger partial charge in [-0.1, -0.05) is 36.8 Å². The molecule has 5 nitrogen and oxygen atoms in total. The van der Waals surface area contributed by atoms with Crippen molar-refractivity contribution < 1.29 is 4.79 Å². The Morgan fingerprint density at radius 3 is 2.74 bits per heavy atom. The molecule has 3 N–H and O–H groups in total. The Morgan fingerprint density at radius 2 is 2.04 bits per heavy atom. The summed E-state index contributed by atoms with van der Waals surface area (Å²) in [6.45, 7) is 0.645. The Hall–Kier alpha value is -1.85. The minimum atomic E-state index is 0. The van der Waals surface area contributed by atoms with E-state index in [2.05, 4.69) is 10.4 Å². The van der Waals surface area contributed by atoms with Crippen LogP contribution >= 0.6 is 12.4 Å². The van der Waals surface area contributed by atoms with Crippen molar-refractivity contribution in [2.45, 2.75) is 38.3 Å². The van der Waals surface area contributed by atoms with E-state index in [0.717, 1.165) is 30.6 Å². The second-order valence-electron chi connectivity index (χ2n) is 5.97. The van der Waals surface area contributed by atoms with Gasteiger partial charge in [0.2, 0.25) is 5.91 Å². The van der Waals surface area contributed by atoms with Crippen LogP contribution in [0, 0.1) is 5.92 Å². The fourth-order valence-electron chi connectivity index (χ4n) is 3.07. The molecule has 2 aromatic rings. The highest BCUT2D eigenvalue weighted by Gasteiger charge is 2.26. The van der Waals surface area contributed by atoms with Gasteiger partial charge in [0, 0.05) is 18.5 Å². The summed E-state index contributed by atoms with van der Waals surface area (Å²) in [4.78, 5) is 12.2. The highest BCUT2D eigenvalue weighted by molar-refractivity contribution is 5.90. The largest absolute Gasteiger partial charge is 0.327 e. The number of hydrogen-bond donors (Lipinski definition) is 2. The van der Waals surface area contributed by atoms with Gasteiger partial charge in [-0.2, -0.15) is 5.10 Å². The van der Waals surface area contributed by atoms with Gasteiger partial charge in [0.1, 0.15) is 5.82 Å². The van der Waals surface area contributed by atoms with Crippen LogP contribution in [0.5, 0.6) is 0 Å². The van der Waals surface area contributed by atoms with Crippen LogP contribution in [0.4, 0.5) is 5.82 Å². The molecule has 0 saturated heterocycles. The molecule has 0 spiro atoms. The maximum Gasteiger partial charge on any atom is 0.225 e. The molecule has 3 rings (SSSR count). The second kappa shape index (κ2) is 8.13. The molecule has 2 atom stereocenters. The molecule has 0 unspecified atom stereocenters. The Labute approximate surface area is 142 Å². The third-order valence-corrected chi connectivity index (χ3v) is 4.32. The molecule has 1 aromatic heterocycles. The van der Waals surface area contributed by atoms with Crippen molar-refractivity contribution in [2.24, 2.45) is 11.7 Å². The molecular formula is C17H23ClN4O. The summed E-state index contributed by atoms with van der Waals surface area (Å²) in [5.74, 6) is 1.07. The van der Waals surface area contributed by atoms with Crippen LogP contribution in [0.3, 0.4) is 0 Å². The lowest BCUT2D eigenvalue weighted by molar-refractivity contribution is -0.117. The molecule has 124 valence electrons. The van der Waals surface area contributed by atoms with Crippen LogP contribution in [-0.2, 0) is 11.3 Å². The van der Waals surface area contributed by atoms with E-state index in [1.807, 2.05) is 41.1 Å². The molecule has 1 heterocycles. The van der Waals surface area contributed by atoms with Crippen LogP contribution in [0.15, 0.2) is 42.6 Å². The van der Waals surface area contributed by atoms with Crippen molar-refractivity contribution in [3.05, 3.63) is 48.2 Å². The van der Waals surface area contributed by atoms with Crippen molar-refractivity contribution in [2.75, 3.05) is 5.32 Å². The third kappa shape index (κ3) is 4.56. The Kier molecular flexibility index (Phi) is 6.19. The van der Waals surface area contributed by atoms with E-state index in [1.165, 1.54) is 0 Å². The van der Waals surface area contributed by atoms with E-state index in [1.54, 1.807) is 6.20 Å². The summed E-state index contributed by atoms with van der Waals surface area (Å²) in [5, 5.41) is 7.25. The van der Waals surface area contributed by atoms with Gasteiger partial charge in [0.15, 0.2) is 0 Å². The molecule has 6 heteroatoms. The average Bonchev–Trinajstić information content (AvgIpc) is 3.10. The standard InChI is InChI=1S/C17H22N4O.ClH/c18-15-8-4-7-14(15)11-17(22)20-16-9-10-19-21(16)12-13-5-2-1-3-6-13;/h1-3,5-6,9-10,14-15H,4,7-8,11-12,18H2,(H,20,22);1H/t14-,15+;/m0./s1. The summed E-state index contributed by atoms with van der Waals surface area (Å²) >= 11 is 0. The molecule has 1 aliphatic rings. The Balaban J connectivity index is 0.00000192. The zero-order valence-corrected chi connectivity index (χ0v) is 13.8. The minimum Gasteiger partial charge on any atom is -0.327 e. The van der Waals surface area contributed by atoms with E-state index in [-0.39, 0.29) is 24.4 Å². The number of amides is 1. The number of benzene rings is 1. The van der Waals surface area contributed by atoms with Crippen molar-refractivity contribution in [3.63, 3.8) is 0 Å². The molecule has 1 fully saturated rings. The van der Waals surface area contributed by atoms with E-state index in [4.69, 9.17) is 5.73 Å². The Bertz CT molecular complexity index is 629. The third-order valence-electron chi connectivity index (χ3n) is 4.32. The highest BCUT2D eigenvalue weighted by Crippen LogP contribution is 2.27. The second-order valence-corrected chi connectivity index (χ2v) is 5.97. The van der Waals surface area contributed by atoms with Crippen LogP contribution in [-0.4, -0.2) is 21.7 Å². The number of rotatable bonds is 5. The molecule has 1 aromatic carbocycles. The first kappa shape index (κ1) is 17.5. The van der Waals surface area contributed by atoms with Crippen molar-refractivity contribution in [1.29, 1.82) is 0 Å². The number of nitrogens with two attached hydrogens (primary N) is 1. The number of nitrogens with zero attached hydrogens (tertiary/aromatic N) is 2. The summed E-state index contributed by atoms with van der Waals surface area (Å²) < 4.78 is 1.81. The molecule has 1 amide bonds. The maximum absolute atomic E-state index is 12.2. The van der Waals surface area contributed by atoms with Gasteiger partial charge in [-0.3, -0.25) is 4.79 Å². The normalized spacial score (nSPS) is 20.0. The van der Waals surface area contributed by atoms with Gasteiger partial charge in [-0.15, -0.1) is 12.4 Å². The summed E-state index contributed by atoms with van der Waals surface area (Å²) in [5.41, 5.74) is 7.19. The quantitative estimate of drug-likeness (QED) is 0.883. The van der Waals surface area contributed by atoms with Crippen molar-refractivity contribution >= 4 is 24.1 Å². The fourth-order valence-corrected chi connectivity index (χ4v) is 3.07. The van der Waals surface area contributed by atoms with Gasteiger partial charge in [-0.05, 0) is 24.3 Å². The first-order chi connectivity index (χ1) is 10.7. The monoisotopic (exact) mass is 334 g/mol. The number of hydrogen-bond acceptors (Lipinski definition) is 3. The molecule has 23 heavy (non-hydrogen) atoms. The lowest BCUT2D eigenvalue weighted by Gasteiger charge is -2.15. The highest BCUT2D eigenvalue weighted by atomic mass is 35.5. The number of carbonyl (C=O) groups excluding carboxylic acids is 1. The number of anilines is 1. The number of halogens is 1. The van der Waals surface area contributed by atoms with E-state index in [9.17, 15) is 4.79 Å². The molecule has 0 bridgehead atoms. The van der Waals surface area contributed by atoms with Crippen molar-refractivity contribution in [1.82, 2.24) is 9.78 Å². The van der Waals surface area contributed by atoms with Gasteiger partial charge in [0.25, 0.3) is 0 Å². The molecule has 0 aliphatic heterocycles. The summed E-state index contributed by atoms with van der Waals surface area (Å²) in [7, 11) is 0. The van der Waals surface area contributed by atoms with Gasteiger partial charge in [-0.25, -0.2) is 4.68 Å². The zero-order valence-electron chi connectivity index (χ0n) is 13.0. The van der Waals surface area contributed by atoms with E-state index < -0.39 is 0 Å². The van der Waals surface area contributed by atoms with Crippen LogP contribution in [0.25, 0.3) is 0 Å². The number of carbonyl (C=O) groups is 1. The SMILES string of the molecule is Cl.N[C@@H]1CCC[C@H]1CC(=O)Nc1ccnn1Cc1ccccc1. The van der Waals surface area contributed by atoms with E-state index >= 15 is 0 Å². The minimum absolute atomic E-state index is 0. The first-order valence-corrected chi connectivity index (χ1v) is 7.83. The van der Waals surface area contributed by atoms with Crippen LogP contribution < -0.4 is 11.1 Å². The predicted molar refractivity (Wildman–Crippen MR) is 93.6 cm³/mol. The lowest BCUT2D eigenvalue weighted by Crippen LogP contribution is -2.28. The smallest absolute Gasteiger partial charge is 0.225 e. The predicted octanol–water partition coefficient (Wildman–Crippen LogP) is 2.81. The average molecular weight is 335 g/mol. The van der Waals surface area contributed by atoms with Crippen LogP contribution in [0.1, 0.15) is 31.2 Å². The van der Waals surface area contributed by atoms with Gasteiger partial charge >= 0.3 is 0 Å². The zero-order chi connectivity index (χ0) is 15.4. The topological polar surface area (TPSA) is 72.9 Å². The fraction of sp³-hybridized carbons (Fsp3) is 0.412. The molecule has 1 saturated carbocycles. The summed E-state index contributed by atoms with van der Waals surface area (Å²) in [6, 6.07) is 12.1. The van der Waals surface area contributed by atoms with Crippen molar-refractivity contribution in [3.8, 4) is 0 Å². The number of aromatic nitrogens is 2. The molecular weight excluding hydrogens is 312 g/mol. The van der Waals surface area contributed by atoms with E-state index in [0.29, 0.717) is 18.9 Å².